The number of thiophene rings is 1. The summed E-state index contributed by atoms with van der Waals surface area (Å²) >= 11 is 1.77. The van der Waals surface area contributed by atoms with Gasteiger partial charge in [0, 0.05) is 29.9 Å². The minimum Gasteiger partial charge on any atom is -0.359 e. The minimum absolute atomic E-state index is 1.03. The first-order valence-corrected chi connectivity index (χ1v) is 6.39. The predicted octanol–water partition coefficient (Wildman–Crippen LogP) is 2.34. The Balaban J connectivity index is 2.15. The van der Waals surface area contributed by atoms with Crippen molar-refractivity contribution in [2.24, 2.45) is 0 Å². The summed E-state index contributed by atoms with van der Waals surface area (Å²) < 4.78 is 1.31. The van der Waals surface area contributed by atoms with E-state index in [0.717, 1.165) is 25.3 Å². The molecule has 0 aliphatic heterocycles. The molecule has 2 aromatic rings. The van der Waals surface area contributed by atoms with Crippen LogP contribution in [0.5, 0.6) is 0 Å². The maximum absolute atomic E-state index is 4.47. The van der Waals surface area contributed by atoms with Gasteiger partial charge in [-0.25, -0.2) is 4.98 Å². The lowest BCUT2D eigenvalue weighted by Gasteiger charge is -2.18. The highest BCUT2D eigenvalue weighted by Crippen LogP contribution is 2.27. The van der Waals surface area contributed by atoms with Crippen LogP contribution >= 0.6 is 11.3 Å². The van der Waals surface area contributed by atoms with Crippen molar-refractivity contribution in [2.45, 2.75) is 6.42 Å². The van der Waals surface area contributed by atoms with Gasteiger partial charge in [0.1, 0.15) is 5.82 Å². The van der Waals surface area contributed by atoms with Gasteiger partial charge in [-0.1, -0.05) is 0 Å². The van der Waals surface area contributed by atoms with E-state index in [1.807, 2.05) is 13.2 Å². The second-order valence-electron chi connectivity index (χ2n) is 3.85. The highest BCUT2D eigenvalue weighted by molar-refractivity contribution is 7.17. The molecule has 0 spiro atoms. The number of fused-ring (bicyclic) bond motifs is 1. The number of hydrogen-bond acceptors (Lipinski definition) is 4. The van der Waals surface area contributed by atoms with E-state index in [1.54, 1.807) is 11.3 Å². The number of hydrogen-bond donors (Lipinski definition) is 1. The van der Waals surface area contributed by atoms with Crippen molar-refractivity contribution in [3.63, 3.8) is 0 Å². The van der Waals surface area contributed by atoms with Crippen molar-refractivity contribution < 1.29 is 0 Å². The van der Waals surface area contributed by atoms with E-state index in [9.17, 15) is 0 Å². The standard InChI is InChI=1S/C12H17N3S/c1-13-6-3-8-15(2)12-10-5-9-16-11(10)4-7-14-12/h4-5,7,9,13H,3,6,8H2,1-2H3. The lowest BCUT2D eigenvalue weighted by atomic mass is 10.3. The zero-order chi connectivity index (χ0) is 11.4. The topological polar surface area (TPSA) is 28.2 Å². The van der Waals surface area contributed by atoms with Crippen LogP contribution in [0.3, 0.4) is 0 Å². The fourth-order valence-corrected chi connectivity index (χ4v) is 2.56. The van der Waals surface area contributed by atoms with E-state index in [1.165, 1.54) is 10.1 Å². The van der Waals surface area contributed by atoms with Crippen LogP contribution < -0.4 is 10.2 Å². The largest absolute Gasteiger partial charge is 0.359 e. The summed E-state index contributed by atoms with van der Waals surface area (Å²) in [5, 5.41) is 6.55. The summed E-state index contributed by atoms with van der Waals surface area (Å²) in [7, 11) is 4.09. The van der Waals surface area contributed by atoms with Gasteiger partial charge in [0.15, 0.2) is 0 Å². The fourth-order valence-electron chi connectivity index (χ4n) is 1.78. The monoisotopic (exact) mass is 235 g/mol. The lowest BCUT2D eigenvalue weighted by molar-refractivity contribution is 0.710. The van der Waals surface area contributed by atoms with Crippen LogP contribution in [-0.2, 0) is 0 Å². The van der Waals surface area contributed by atoms with Gasteiger partial charge in [0.25, 0.3) is 0 Å². The van der Waals surface area contributed by atoms with Crippen LogP contribution in [0.15, 0.2) is 23.7 Å². The highest BCUT2D eigenvalue weighted by Gasteiger charge is 2.07. The summed E-state index contributed by atoms with van der Waals surface area (Å²) in [6.07, 6.45) is 3.03. The minimum atomic E-state index is 1.03. The second-order valence-corrected chi connectivity index (χ2v) is 4.79. The van der Waals surface area contributed by atoms with Gasteiger partial charge in [-0.3, -0.25) is 0 Å². The molecule has 0 fully saturated rings. The Hall–Kier alpha value is -1.13. The summed E-state index contributed by atoms with van der Waals surface area (Å²) in [5.41, 5.74) is 0. The number of aromatic nitrogens is 1. The number of pyridine rings is 1. The lowest BCUT2D eigenvalue weighted by Crippen LogP contribution is -2.23. The molecule has 3 nitrogen and oxygen atoms in total. The van der Waals surface area contributed by atoms with Crippen LogP contribution in [0.4, 0.5) is 5.82 Å². The number of anilines is 1. The van der Waals surface area contributed by atoms with E-state index >= 15 is 0 Å². The van der Waals surface area contributed by atoms with E-state index in [-0.39, 0.29) is 0 Å². The fraction of sp³-hybridized carbons (Fsp3) is 0.417. The Labute approximate surface area is 100 Å². The Morgan fingerprint density at radius 2 is 2.31 bits per heavy atom. The summed E-state index contributed by atoms with van der Waals surface area (Å²) in [6.45, 7) is 2.08. The van der Waals surface area contributed by atoms with Gasteiger partial charge in [-0.15, -0.1) is 11.3 Å². The van der Waals surface area contributed by atoms with E-state index < -0.39 is 0 Å². The second kappa shape index (κ2) is 5.27. The first-order chi connectivity index (χ1) is 7.83. The van der Waals surface area contributed by atoms with Crippen LogP contribution in [0, 0.1) is 0 Å². The van der Waals surface area contributed by atoms with Crippen molar-refractivity contribution in [2.75, 3.05) is 32.1 Å². The molecule has 0 radical (unpaired) electrons. The molecule has 0 aromatic carbocycles. The molecule has 1 N–H and O–H groups in total. The molecule has 0 aliphatic rings. The number of nitrogens with zero attached hydrogens (tertiary/aromatic N) is 2. The third-order valence-electron chi connectivity index (χ3n) is 2.64. The van der Waals surface area contributed by atoms with Gasteiger partial charge < -0.3 is 10.2 Å². The Morgan fingerprint density at radius 1 is 1.44 bits per heavy atom. The molecule has 2 aromatic heterocycles. The first-order valence-electron chi connectivity index (χ1n) is 5.51. The molecule has 4 heteroatoms. The number of nitrogens with one attached hydrogen (secondary N) is 1. The average molecular weight is 235 g/mol. The molecule has 0 saturated heterocycles. The van der Waals surface area contributed by atoms with E-state index in [4.69, 9.17) is 0 Å². The van der Waals surface area contributed by atoms with Gasteiger partial charge in [-0.2, -0.15) is 0 Å². The Kier molecular flexibility index (Phi) is 3.74. The predicted molar refractivity (Wildman–Crippen MR) is 71.4 cm³/mol. The molecule has 0 amide bonds. The first kappa shape index (κ1) is 11.4. The van der Waals surface area contributed by atoms with Gasteiger partial charge in [-0.05, 0) is 37.5 Å². The average Bonchev–Trinajstić information content (AvgIpc) is 2.76. The van der Waals surface area contributed by atoms with Crippen molar-refractivity contribution >= 4 is 27.2 Å². The highest BCUT2D eigenvalue weighted by atomic mass is 32.1. The van der Waals surface area contributed by atoms with Crippen LogP contribution in [-0.4, -0.2) is 32.2 Å². The molecule has 0 bridgehead atoms. The molecule has 2 rings (SSSR count). The van der Waals surface area contributed by atoms with Crippen LogP contribution in [0.25, 0.3) is 10.1 Å². The molecule has 0 unspecified atom stereocenters. The maximum atomic E-state index is 4.47. The van der Waals surface area contributed by atoms with E-state index in [2.05, 4.69) is 39.8 Å². The molecule has 16 heavy (non-hydrogen) atoms. The van der Waals surface area contributed by atoms with Crippen LogP contribution in [0.1, 0.15) is 6.42 Å². The normalized spacial score (nSPS) is 10.9. The molecule has 2 heterocycles. The molecule has 0 atom stereocenters. The summed E-state index contributed by atoms with van der Waals surface area (Å²) in [4.78, 5) is 6.70. The molecular formula is C12H17N3S. The Bertz CT molecular complexity index is 452. The molecule has 0 aliphatic carbocycles. The van der Waals surface area contributed by atoms with Gasteiger partial charge in [0.2, 0.25) is 0 Å². The third-order valence-corrected chi connectivity index (χ3v) is 3.52. The SMILES string of the molecule is CNCCCN(C)c1nccc2sccc12. The zero-order valence-electron chi connectivity index (χ0n) is 9.73. The zero-order valence-corrected chi connectivity index (χ0v) is 10.5. The Morgan fingerprint density at radius 3 is 3.12 bits per heavy atom. The van der Waals surface area contributed by atoms with Crippen molar-refractivity contribution in [1.82, 2.24) is 10.3 Å². The maximum Gasteiger partial charge on any atom is 0.136 e. The van der Waals surface area contributed by atoms with Gasteiger partial charge >= 0.3 is 0 Å². The van der Waals surface area contributed by atoms with Crippen molar-refractivity contribution in [3.05, 3.63) is 23.7 Å². The van der Waals surface area contributed by atoms with Gasteiger partial charge in [0.05, 0.1) is 0 Å². The molecular weight excluding hydrogens is 218 g/mol. The smallest absolute Gasteiger partial charge is 0.136 e. The van der Waals surface area contributed by atoms with Crippen LogP contribution in [0.2, 0.25) is 0 Å². The quantitative estimate of drug-likeness (QED) is 0.806. The van der Waals surface area contributed by atoms with E-state index in [0.29, 0.717) is 0 Å². The summed E-state index contributed by atoms with van der Waals surface area (Å²) in [6, 6.07) is 4.22. The number of rotatable bonds is 5. The molecule has 0 saturated carbocycles. The third kappa shape index (κ3) is 2.33. The molecule has 86 valence electrons. The van der Waals surface area contributed by atoms with Crippen molar-refractivity contribution in [3.8, 4) is 0 Å². The van der Waals surface area contributed by atoms with Crippen molar-refractivity contribution in [1.29, 1.82) is 0 Å². The summed E-state index contributed by atoms with van der Waals surface area (Å²) in [5.74, 6) is 1.09.